The molecule has 26 heavy (non-hydrogen) atoms. The Morgan fingerprint density at radius 2 is 2.15 bits per heavy atom. The third kappa shape index (κ3) is 2.77. The zero-order chi connectivity index (χ0) is 18.1. The molecule has 0 fully saturated rings. The summed E-state index contributed by atoms with van der Waals surface area (Å²) in [5.74, 6) is -0.369. The summed E-state index contributed by atoms with van der Waals surface area (Å²) in [5, 5.41) is 12.0. The van der Waals surface area contributed by atoms with Gasteiger partial charge in [0.2, 0.25) is 0 Å². The fourth-order valence-electron chi connectivity index (χ4n) is 2.90. The largest absolute Gasteiger partial charge is 0.472 e. The van der Waals surface area contributed by atoms with E-state index in [4.69, 9.17) is 21.3 Å². The van der Waals surface area contributed by atoms with Crippen molar-refractivity contribution in [2.75, 3.05) is 5.32 Å². The average molecular weight is 362 g/mol. The first kappa shape index (κ1) is 16.1. The van der Waals surface area contributed by atoms with Crippen molar-refractivity contribution in [2.45, 2.75) is 6.54 Å². The molecule has 4 rings (SSSR count). The molecule has 1 aliphatic rings. The Labute approximate surface area is 154 Å². The van der Waals surface area contributed by atoms with Crippen LogP contribution in [-0.4, -0.2) is 11.6 Å². The molecule has 1 aromatic heterocycles. The molecule has 0 radical (unpaired) electrons. The van der Waals surface area contributed by atoms with Gasteiger partial charge in [0.1, 0.15) is 6.07 Å². The van der Waals surface area contributed by atoms with E-state index >= 15 is 0 Å². The molecule has 0 spiro atoms. The number of benzene rings is 2. The fourth-order valence-corrected chi connectivity index (χ4v) is 3.15. The van der Waals surface area contributed by atoms with Gasteiger partial charge >= 0.3 is 0 Å². The lowest BCUT2D eigenvalue weighted by Crippen LogP contribution is -2.13. The van der Waals surface area contributed by atoms with E-state index in [-0.39, 0.29) is 22.1 Å². The number of carbonyl (C=O) groups is 1. The van der Waals surface area contributed by atoms with Gasteiger partial charge in [0.05, 0.1) is 40.9 Å². The van der Waals surface area contributed by atoms with E-state index in [0.717, 1.165) is 22.4 Å². The minimum absolute atomic E-state index is 0.148. The molecule has 0 unspecified atom stereocenters. The smallest absolute Gasteiger partial charge is 0.257 e. The molecule has 6 heteroatoms. The highest BCUT2D eigenvalue weighted by Crippen LogP contribution is 2.27. The Morgan fingerprint density at radius 1 is 1.27 bits per heavy atom. The number of anilines is 1. The van der Waals surface area contributed by atoms with Gasteiger partial charge in [-0.3, -0.25) is 9.79 Å². The topological polar surface area (TPSA) is 78.4 Å². The molecule has 0 aliphatic carbocycles. The van der Waals surface area contributed by atoms with Gasteiger partial charge in [-0.15, -0.1) is 0 Å². The minimum atomic E-state index is -0.369. The maximum Gasteiger partial charge on any atom is 0.257 e. The van der Waals surface area contributed by atoms with Gasteiger partial charge in [0, 0.05) is 16.8 Å². The molecular weight excluding hydrogens is 350 g/mol. The van der Waals surface area contributed by atoms with E-state index in [1.54, 1.807) is 30.7 Å². The lowest BCUT2D eigenvalue weighted by molar-refractivity contribution is 0.102. The summed E-state index contributed by atoms with van der Waals surface area (Å²) < 4.78 is 5.14. The van der Waals surface area contributed by atoms with Crippen molar-refractivity contribution in [1.29, 1.82) is 5.26 Å². The number of nitriles is 1. The standard InChI is InChI=1S/C20H12ClN3O2/c21-18-12(9-22)2-1-3-16(18)20(25)24-15-5-4-13-10-23-19(17(13)8-15)14-6-7-26-11-14/h1-8,11H,10H2,(H,24,25). The number of aliphatic imine (C=N–C) groups is 1. The van der Waals surface area contributed by atoms with Crippen LogP contribution in [0.15, 0.2) is 64.4 Å². The number of carbonyl (C=O) groups excluding carboxylic acids is 1. The van der Waals surface area contributed by atoms with Crippen molar-refractivity contribution in [1.82, 2.24) is 0 Å². The number of hydrogen-bond acceptors (Lipinski definition) is 4. The summed E-state index contributed by atoms with van der Waals surface area (Å²) in [6, 6.07) is 14.3. The number of furan rings is 1. The lowest BCUT2D eigenvalue weighted by Gasteiger charge is -2.10. The second kappa shape index (κ2) is 6.51. The number of rotatable bonds is 3. The van der Waals surface area contributed by atoms with Crippen LogP contribution in [0.25, 0.3) is 0 Å². The monoisotopic (exact) mass is 361 g/mol. The molecule has 1 aliphatic heterocycles. The van der Waals surface area contributed by atoms with Crippen molar-refractivity contribution in [2.24, 2.45) is 4.99 Å². The summed E-state index contributed by atoms with van der Waals surface area (Å²) in [6.45, 7) is 0.597. The lowest BCUT2D eigenvalue weighted by atomic mass is 10.0. The first-order valence-electron chi connectivity index (χ1n) is 7.87. The zero-order valence-corrected chi connectivity index (χ0v) is 14.2. The minimum Gasteiger partial charge on any atom is -0.472 e. The van der Waals surface area contributed by atoms with E-state index in [1.807, 2.05) is 30.3 Å². The van der Waals surface area contributed by atoms with E-state index in [9.17, 15) is 4.79 Å². The van der Waals surface area contributed by atoms with Crippen LogP contribution in [0.4, 0.5) is 5.69 Å². The Bertz CT molecular complexity index is 1080. The van der Waals surface area contributed by atoms with Crippen molar-refractivity contribution in [3.8, 4) is 6.07 Å². The molecule has 0 atom stereocenters. The van der Waals surface area contributed by atoms with Gasteiger partial charge in [-0.25, -0.2) is 0 Å². The number of nitrogens with one attached hydrogen (secondary N) is 1. The summed E-state index contributed by atoms with van der Waals surface area (Å²) in [5.41, 5.74) is 4.94. The SMILES string of the molecule is N#Cc1cccc(C(=O)Nc2ccc3c(c2)C(c2ccoc2)=NC3)c1Cl. The van der Waals surface area contributed by atoms with Crippen LogP contribution in [0.5, 0.6) is 0 Å². The van der Waals surface area contributed by atoms with Crippen molar-refractivity contribution in [3.63, 3.8) is 0 Å². The third-order valence-electron chi connectivity index (χ3n) is 4.19. The highest BCUT2D eigenvalue weighted by Gasteiger charge is 2.20. The Hall–Kier alpha value is -3.36. The summed E-state index contributed by atoms with van der Waals surface area (Å²) in [7, 11) is 0. The number of hydrogen-bond donors (Lipinski definition) is 1. The van der Waals surface area contributed by atoms with Crippen molar-refractivity contribution in [3.05, 3.63) is 87.8 Å². The van der Waals surface area contributed by atoms with E-state index in [0.29, 0.717) is 12.2 Å². The van der Waals surface area contributed by atoms with Gasteiger partial charge in [-0.2, -0.15) is 5.26 Å². The number of amides is 1. The van der Waals surface area contributed by atoms with Crippen LogP contribution in [0.2, 0.25) is 5.02 Å². The third-order valence-corrected chi connectivity index (χ3v) is 4.60. The Kier molecular flexibility index (Phi) is 4.04. The Balaban J connectivity index is 1.63. The van der Waals surface area contributed by atoms with Gasteiger partial charge in [-0.05, 0) is 35.9 Å². The van der Waals surface area contributed by atoms with Crippen LogP contribution in [-0.2, 0) is 6.54 Å². The second-order valence-corrected chi connectivity index (χ2v) is 6.16. The normalized spacial score (nSPS) is 12.2. The van der Waals surface area contributed by atoms with Crippen LogP contribution in [0, 0.1) is 11.3 Å². The predicted octanol–water partition coefficient (Wildman–Crippen LogP) is 4.41. The fraction of sp³-hybridized carbons (Fsp3) is 0.0500. The number of halogens is 1. The molecule has 0 saturated heterocycles. The molecular formula is C20H12ClN3O2. The summed E-state index contributed by atoms with van der Waals surface area (Å²) >= 11 is 6.14. The van der Waals surface area contributed by atoms with Crippen molar-refractivity contribution >= 4 is 28.9 Å². The highest BCUT2D eigenvalue weighted by molar-refractivity contribution is 6.35. The number of fused-ring (bicyclic) bond motifs is 1. The van der Waals surface area contributed by atoms with Crippen molar-refractivity contribution < 1.29 is 9.21 Å². The molecule has 2 aromatic carbocycles. The molecule has 0 saturated carbocycles. The van der Waals surface area contributed by atoms with Crippen LogP contribution < -0.4 is 5.32 Å². The predicted molar refractivity (Wildman–Crippen MR) is 98.6 cm³/mol. The summed E-state index contributed by atoms with van der Waals surface area (Å²) in [4.78, 5) is 17.1. The molecule has 1 amide bonds. The first-order valence-corrected chi connectivity index (χ1v) is 8.25. The molecule has 1 N–H and O–H groups in total. The van der Waals surface area contributed by atoms with Crippen LogP contribution in [0.1, 0.15) is 32.6 Å². The maximum absolute atomic E-state index is 12.6. The van der Waals surface area contributed by atoms with Gasteiger partial charge in [0.15, 0.2) is 0 Å². The van der Waals surface area contributed by atoms with Crippen LogP contribution >= 0.6 is 11.6 Å². The van der Waals surface area contributed by atoms with Crippen LogP contribution in [0.3, 0.4) is 0 Å². The first-order chi connectivity index (χ1) is 12.7. The highest BCUT2D eigenvalue weighted by atomic mass is 35.5. The molecule has 3 aromatic rings. The van der Waals surface area contributed by atoms with Gasteiger partial charge < -0.3 is 9.73 Å². The average Bonchev–Trinajstić information content (AvgIpc) is 3.30. The van der Waals surface area contributed by atoms with E-state index < -0.39 is 0 Å². The van der Waals surface area contributed by atoms with Gasteiger partial charge in [-0.1, -0.05) is 23.7 Å². The second-order valence-electron chi connectivity index (χ2n) is 5.78. The van der Waals surface area contributed by atoms with E-state index in [1.165, 1.54) is 0 Å². The quantitative estimate of drug-likeness (QED) is 0.750. The molecule has 0 bridgehead atoms. The maximum atomic E-state index is 12.6. The van der Waals surface area contributed by atoms with E-state index in [2.05, 4.69) is 10.3 Å². The summed E-state index contributed by atoms with van der Waals surface area (Å²) in [6.07, 6.45) is 3.25. The Morgan fingerprint density at radius 3 is 2.92 bits per heavy atom. The zero-order valence-electron chi connectivity index (χ0n) is 13.5. The van der Waals surface area contributed by atoms with Gasteiger partial charge in [0.25, 0.3) is 5.91 Å². The molecule has 126 valence electrons. The molecule has 5 nitrogen and oxygen atoms in total. The number of nitrogens with zero attached hydrogens (tertiary/aromatic N) is 2. The molecule has 2 heterocycles.